The number of benzene rings is 2. The van der Waals surface area contributed by atoms with Crippen LogP contribution in [0, 0.1) is 0 Å². The van der Waals surface area contributed by atoms with Gasteiger partial charge in [-0.15, -0.1) is 0 Å². The lowest BCUT2D eigenvalue weighted by atomic mass is 9.97. The molecule has 3 rings (SSSR count). The Hall–Kier alpha value is -3.20. The number of ether oxygens (including phenoxy) is 3. The predicted molar refractivity (Wildman–Crippen MR) is 197 cm³/mol. The molecule has 2 unspecified atom stereocenters. The number of nitrogens with zero attached hydrogens (tertiary/aromatic N) is 2. The molecule has 1 aliphatic heterocycles. The van der Waals surface area contributed by atoms with Crippen molar-refractivity contribution in [2.45, 2.75) is 123 Å². The first kappa shape index (κ1) is 41.2. The molecule has 2 atom stereocenters. The van der Waals surface area contributed by atoms with Crippen molar-refractivity contribution in [1.29, 1.82) is 0 Å². The highest BCUT2D eigenvalue weighted by Crippen LogP contribution is 2.63. The Labute approximate surface area is 299 Å². The van der Waals surface area contributed by atoms with Crippen LogP contribution in [0.4, 0.5) is 9.59 Å². The van der Waals surface area contributed by atoms with Gasteiger partial charge in [0.1, 0.15) is 16.8 Å². The number of hydrogen-bond acceptors (Lipinski definition) is 9. The van der Waals surface area contributed by atoms with Crippen molar-refractivity contribution in [3.05, 3.63) is 60.2 Å². The summed E-state index contributed by atoms with van der Waals surface area (Å²) in [4.78, 5) is 43.9. The number of carbonyl (C=O) groups excluding carboxylic acids is 3. The van der Waals surface area contributed by atoms with E-state index in [0.717, 1.165) is 21.6 Å². The van der Waals surface area contributed by atoms with Crippen LogP contribution in [-0.4, -0.2) is 82.3 Å². The monoisotopic (exact) mass is 714 g/mol. The highest BCUT2D eigenvalue weighted by molar-refractivity contribution is 7.61. The largest absolute Gasteiger partial charge is 0.459 e. The minimum atomic E-state index is -3.62. The Balaban J connectivity index is 1.98. The SMILES string of the molecule is CCOP1(=O)CCCN(Cc2ccccc2-c2ccccc2)CC1(CCCCN(C(=O)OC(C)(C)C)C(=O)OC(C)(C)C)C(=O)OC(C)(C)C. The number of unbranched alkanes of at least 4 members (excludes halogenated alkanes) is 1. The molecule has 11 heteroatoms. The molecular formula is C39H59N2O8P. The van der Waals surface area contributed by atoms with Gasteiger partial charge >= 0.3 is 18.2 Å². The number of imide groups is 1. The van der Waals surface area contributed by atoms with Crippen LogP contribution in [0.15, 0.2) is 54.6 Å². The van der Waals surface area contributed by atoms with Gasteiger partial charge in [-0.25, -0.2) is 14.5 Å². The van der Waals surface area contributed by atoms with E-state index in [1.165, 1.54) is 0 Å². The normalized spacial score (nSPS) is 20.4. The van der Waals surface area contributed by atoms with E-state index in [-0.39, 0.29) is 32.3 Å². The summed E-state index contributed by atoms with van der Waals surface area (Å²) < 4.78 is 38.3. The van der Waals surface area contributed by atoms with Crippen LogP contribution >= 0.6 is 7.37 Å². The molecule has 1 heterocycles. The molecule has 1 saturated heterocycles. The van der Waals surface area contributed by atoms with Gasteiger partial charge in [-0.3, -0.25) is 14.3 Å². The fourth-order valence-electron chi connectivity index (χ4n) is 6.11. The van der Waals surface area contributed by atoms with Gasteiger partial charge in [-0.1, -0.05) is 54.6 Å². The predicted octanol–water partition coefficient (Wildman–Crippen LogP) is 9.30. The van der Waals surface area contributed by atoms with E-state index in [0.29, 0.717) is 32.4 Å². The van der Waals surface area contributed by atoms with Gasteiger partial charge in [-0.05, 0) is 118 Å². The van der Waals surface area contributed by atoms with Crippen molar-refractivity contribution >= 4 is 25.5 Å². The van der Waals surface area contributed by atoms with Gasteiger partial charge in [0, 0.05) is 25.8 Å². The van der Waals surface area contributed by atoms with Crippen LogP contribution in [-0.2, 0) is 34.6 Å². The van der Waals surface area contributed by atoms with E-state index < -0.39 is 47.5 Å². The summed E-state index contributed by atoms with van der Waals surface area (Å²) in [6.45, 7) is 19.0. The minimum absolute atomic E-state index is 0.0126. The zero-order chi connectivity index (χ0) is 37.4. The Morgan fingerprint density at radius 3 is 1.92 bits per heavy atom. The molecule has 0 aliphatic carbocycles. The fourth-order valence-corrected chi connectivity index (χ4v) is 9.13. The Morgan fingerprint density at radius 1 is 0.800 bits per heavy atom. The lowest BCUT2D eigenvalue weighted by Crippen LogP contribution is -2.51. The van der Waals surface area contributed by atoms with Gasteiger partial charge in [0.05, 0.1) is 6.61 Å². The van der Waals surface area contributed by atoms with Crippen LogP contribution in [0.25, 0.3) is 11.1 Å². The first-order valence-electron chi connectivity index (χ1n) is 17.7. The lowest BCUT2D eigenvalue weighted by molar-refractivity contribution is -0.159. The second-order valence-corrected chi connectivity index (χ2v) is 18.9. The van der Waals surface area contributed by atoms with E-state index in [2.05, 4.69) is 29.2 Å². The summed E-state index contributed by atoms with van der Waals surface area (Å²) in [5.41, 5.74) is 0.794. The molecule has 2 aromatic carbocycles. The number of hydrogen-bond donors (Lipinski definition) is 0. The third kappa shape index (κ3) is 11.7. The van der Waals surface area contributed by atoms with Crippen LogP contribution in [0.1, 0.15) is 100 Å². The van der Waals surface area contributed by atoms with E-state index in [9.17, 15) is 14.4 Å². The van der Waals surface area contributed by atoms with E-state index in [1.54, 1.807) is 69.2 Å². The molecule has 0 radical (unpaired) electrons. The van der Waals surface area contributed by atoms with Gasteiger partial charge < -0.3 is 18.7 Å². The molecular weight excluding hydrogens is 655 g/mol. The maximum atomic E-state index is 15.1. The second kappa shape index (κ2) is 16.9. The smallest absolute Gasteiger partial charge is 0.419 e. The Morgan fingerprint density at radius 2 is 1.36 bits per heavy atom. The number of esters is 1. The summed E-state index contributed by atoms with van der Waals surface area (Å²) in [5, 5.41) is -1.48. The molecule has 10 nitrogen and oxygen atoms in total. The molecule has 0 aromatic heterocycles. The number of amides is 2. The van der Waals surface area contributed by atoms with Crippen LogP contribution in [0.2, 0.25) is 0 Å². The summed E-state index contributed by atoms with van der Waals surface area (Å²) in [5.74, 6) is -0.554. The van der Waals surface area contributed by atoms with Crippen LogP contribution < -0.4 is 0 Å². The molecule has 0 spiro atoms. The molecule has 0 N–H and O–H groups in total. The highest BCUT2D eigenvalue weighted by atomic mass is 31.2. The third-order valence-corrected chi connectivity index (χ3v) is 11.6. The minimum Gasteiger partial charge on any atom is -0.459 e. The van der Waals surface area contributed by atoms with Gasteiger partial charge in [0.15, 0.2) is 5.16 Å². The summed E-state index contributed by atoms with van der Waals surface area (Å²) in [6.07, 6.45) is 0.0301. The lowest BCUT2D eigenvalue weighted by Gasteiger charge is -2.40. The maximum absolute atomic E-state index is 15.1. The molecule has 278 valence electrons. The summed E-state index contributed by atoms with van der Waals surface area (Å²) >= 11 is 0. The number of rotatable bonds is 11. The molecule has 0 saturated carbocycles. The van der Waals surface area contributed by atoms with E-state index >= 15 is 4.57 Å². The van der Waals surface area contributed by atoms with Gasteiger partial charge in [0.25, 0.3) is 0 Å². The van der Waals surface area contributed by atoms with Crippen molar-refractivity contribution in [3.63, 3.8) is 0 Å². The molecule has 50 heavy (non-hydrogen) atoms. The summed E-state index contributed by atoms with van der Waals surface area (Å²) in [7, 11) is -3.62. The standard InChI is InChI=1S/C39H59N2O8P/c1-11-46-50(45)27-19-25-40(28-31-22-15-16-23-32(31)30-20-13-12-14-21-30)29-39(50,33(42)47-36(2,3)4)24-17-18-26-41(34(43)48-37(5,6)7)35(44)49-38(8,9)10/h12-16,20-23H,11,17-19,24-29H2,1-10H3. The average molecular weight is 715 g/mol. The van der Waals surface area contributed by atoms with Crippen LogP contribution in [0.3, 0.4) is 0 Å². The molecule has 1 aliphatic rings. The first-order valence-corrected chi connectivity index (χ1v) is 19.6. The fraction of sp³-hybridized carbons (Fsp3) is 0.615. The van der Waals surface area contributed by atoms with Crippen molar-refractivity contribution in [2.24, 2.45) is 0 Å². The average Bonchev–Trinajstić information content (AvgIpc) is 3.11. The molecule has 0 bridgehead atoms. The van der Waals surface area contributed by atoms with Gasteiger partial charge in [-0.2, -0.15) is 0 Å². The van der Waals surface area contributed by atoms with Crippen molar-refractivity contribution < 1.29 is 37.7 Å². The molecule has 2 amide bonds. The molecule has 2 aromatic rings. The first-order chi connectivity index (χ1) is 23.2. The van der Waals surface area contributed by atoms with Crippen LogP contribution in [0.5, 0.6) is 0 Å². The molecule has 1 fully saturated rings. The topological polar surface area (TPSA) is 112 Å². The van der Waals surface area contributed by atoms with Gasteiger partial charge in [0.2, 0.25) is 7.37 Å². The maximum Gasteiger partial charge on any atom is 0.419 e. The van der Waals surface area contributed by atoms with Crippen molar-refractivity contribution in [2.75, 3.05) is 32.4 Å². The van der Waals surface area contributed by atoms with E-state index in [4.69, 9.17) is 18.7 Å². The van der Waals surface area contributed by atoms with Crippen molar-refractivity contribution in [1.82, 2.24) is 9.80 Å². The number of carbonyl (C=O) groups is 3. The van der Waals surface area contributed by atoms with Crippen molar-refractivity contribution in [3.8, 4) is 11.1 Å². The highest BCUT2D eigenvalue weighted by Gasteiger charge is 2.58. The Kier molecular flexibility index (Phi) is 13.9. The second-order valence-electron chi connectivity index (χ2n) is 16.0. The quantitative estimate of drug-likeness (QED) is 0.0973. The third-order valence-electron chi connectivity index (χ3n) is 8.13. The Bertz CT molecular complexity index is 1460. The summed E-state index contributed by atoms with van der Waals surface area (Å²) in [6, 6.07) is 18.4. The van der Waals surface area contributed by atoms with E-state index in [1.807, 2.05) is 30.3 Å². The zero-order valence-electron chi connectivity index (χ0n) is 31.9. The zero-order valence-corrected chi connectivity index (χ0v) is 32.8.